The predicted octanol–water partition coefficient (Wildman–Crippen LogP) is 2.30. The maximum Gasteiger partial charge on any atom is 0.224 e. The second-order valence-electron chi connectivity index (χ2n) is 4.41. The molecule has 1 aromatic carbocycles. The van der Waals surface area contributed by atoms with Crippen molar-refractivity contribution in [3.8, 4) is 0 Å². The molecule has 0 spiro atoms. The fourth-order valence-corrected chi connectivity index (χ4v) is 2.68. The molecule has 0 fully saturated rings. The first-order valence-corrected chi connectivity index (χ1v) is 7.61. The number of carbonyl (C=O) groups is 1. The van der Waals surface area contributed by atoms with E-state index >= 15 is 0 Å². The lowest BCUT2D eigenvalue weighted by Crippen LogP contribution is -2.13. The zero-order valence-electron chi connectivity index (χ0n) is 11.5. The van der Waals surface area contributed by atoms with E-state index < -0.39 is 0 Å². The van der Waals surface area contributed by atoms with Crippen LogP contribution in [0.4, 0.5) is 5.69 Å². The summed E-state index contributed by atoms with van der Waals surface area (Å²) >= 11 is 7.65. The van der Waals surface area contributed by atoms with Crippen molar-refractivity contribution in [1.82, 2.24) is 14.8 Å². The van der Waals surface area contributed by atoms with Crippen molar-refractivity contribution in [1.29, 1.82) is 0 Å². The minimum absolute atomic E-state index is 0.0646. The average Bonchev–Trinajstić information content (AvgIpc) is 2.85. The van der Waals surface area contributed by atoms with Crippen LogP contribution in [-0.4, -0.2) is 27.2 Å². The normalized spacial score (nSPS) is 10.6. The Hall–Kier alpha value is -1.57. The summed E-state index contributed by atoms with van der Waals surface area (Å²) in [5, 5.41) is 11.9. The Morgan fingerprint density at radius 3 is 2.95 bits per heavy atom. The molecule has 0 aliphatic heterocycles. The quantitative estimate of drug-likeness (QED) is 0.851. The van der Waals surface area contributed by atoms with Crippen LogP contribution in [-0.2, 0) is 11.8 Å². The van der Waals surface area contributed by atoms with Crippen LogP contribution >= 0.6 is 23.4 Å². The van der Waals surface area contributed by atoms with Gasteiger partial charge < -0.3 is 15.6 Å². The molecule has 3 N–H and O–H groups in total. The summed E-state index contributed by atoms with van der Waals surface area (Å²) in [6.45, 7) is 0.501. The highest BCUT2D eigenvalue weighted by atomic mass is 35.5. The molecule has 0 atom stereocenters. The molecule has 112 valence electrons. The Balaban J connectivity index is 2.04. The first-order valence-electron chi connectivity index (χ1n) is 6.41. The molecule has 6 nitrogen and oxygen atoms in total. The SMILES string of the molecule is Cn1cnnc1Sc1ccc(NC(=O)CCCN)cc1Cl. The monoisotopic (exact) mass is 325 g/mol. The third-order valence-corrected chi connectivity index (χ3v) is 4.25. The molecule has 0 aliphatic rings. The van der Waals surface area contributed by atoms with Crippen molar-refractivity contribution in [3.05, 3.63) is 29.5 Å². The van der Waals surface area contributed by atoms with E-state index in [9.17, 15) is 4.79 Å². The number of nitrogens with one attached hydrogen (secondary N) is 1. The van der Waals surface area contributed by atoms with Crippen LogP contribution in [0.25, 0.3) is 0 Å². The van der Waals surface area contributed by atoms with Crippen molar-refractivity contribution in [2.24, 2.45) is 12.8 Å². The molecule has 2 aromatic rings. The molecule has 2 rings (SSSR count). The van der Waals surface area contributed by atoms with Crippen molar-refractivity contribution in [2.75, 3.05) is 11.9 Å². The third-order valence-electron chi connectivity index (χ3n) is 2.69. The number of amides is 1. The van der Waals surface area contributed by atoms with Crippen LogP contribution in [0.1, 0.15) is 12.8 Å². The van der Waals surface area contributed by atoms with Gasteiger partial charge in [0.1, 0.15) is 6.33 Å². The highest BCUT2D eigenvalue weighted by Gasteiger charge is 2.09. The van der Waals surface area contributed by atoms with Gasteiger partial charge in [0, 0.05) is 24.1 Å². The van der Waals surface area contributed by atoms with E-state index in [0.717, 1.165) is 10.1 Å². The lowest BCUT2D eigenvalue weighted by atomic mass is 10.2. The minimum atomic E-state index is -0.0646. The topological polar surface area (TPSA) is 85.8 Å². The molecule has 1 amide bonds. The van der Waals surface area contributed by atoms with E-state index in [2.05, 4.69) is 15.5 Å². The molecular weight excluding hydrogens is 310 g/mol. The number of benzene rings is 1. The summed E-state index contributed by atoms with van der Waals surface area (Å²) in [4.78, 5) is 12.5. The van der Waals surface area contributed by atoms with Crippen LogP contribution < -0.4 is 11.1 Å². The number of anilines is 1. The Labute approximate surface area is 132 Å². The van der Waals surface area contributed by atoms with Gasteiger partial charge in [-0.15, -0.1) is 10.2 Å². The van der Waals surface area contributed by atoms with Gasteiger partial charge in [-0.2, -0.15) is 0 Å². The summed E-state index contributed by atoms with van der Waals surface area (Å²) in [5.74, 6) is -0.0646. The maximum atomic E-state index is 11.6. The molecule has 0 unspecified atom stereocenters. The van der Waals surface area contributed by atoms with Crippen molar-refractivity contribution >= 4 is 35.0 Å². The van der Waals surface area contributed by atoms with E-state index in [1.54, 1.807) is 12.4 Å². The van der Waals surface area contributed by atoms with E-state index in [1.807, 2.05) is 23.7 Å². The smallest absolute Gasteiger partial charge is 0.224 e. The zero-order valence-corrected chi connectivity index (χ0v) is 13.1. The predicted molar refractivity (Wildman–Crippen MR) is 83.5 cm³/mol. The summed E-state index contributed by atoms with van der Waals surface area (Å²) in [5.41, 5.74) is 6.04. The first-order chi connectivity index (χ1) is 10.1. The number of aromatic nitrogens is 3. The zero-order chi connectivity index (χ0) is 15.2. The van der Waals surface area contributed by atoms with Crippen molar-refractivity contribution in [2.45, 2.75) is 22.9 Å². The molecule has 1 heterocycles. The molecule has 0 saturated heterocycles. The van der Waals surface area contributed by atoms with Crippen molar-refractivity contribution < 1.29 is 4.79 Å². The van der Waals surface area contributed by atoms with Gasteiger partial charge in [0.15, 0.2) is 5.16 Å². The molecule has 21 heavy (non-hydrogen) atoms. The van der Waals surface area contributed by atoms with Gasteiger partial charge in [0.25, 0.3) is 0 Å². The van der Waals surface area contributed by atoms with E-state index in [1.165, 1.54) is 11.8 Å². The number of aryl methyl sites for hydroxylation is 1. The van der Waals surface area contributed by atoms with Gasteiger partial charge in [-0.1, -0.05) is 11.6 Å². The molecular formula is C13H16ClN5OS. The Bertz CT molecular complexity index is 631. The lowest BCUT2D eigenvalue weighted by molar-refractivity contribution is -0.116. The molecule has 8 heteroatoms. The van der Waals surface area contributed by atoms with Crippen LogP contribution in [0, 0.1) is 0 Å². The van der Waals surface area contributed by atoms with Crippen LogP contribution in [0.5, 0.6) is 0 Å². The van der Waals surface area contributed by atoms with Gasteiger partial charge in [-0.3, -0.25) is 4.79 Å². The summed E-state index contributed by atoms with van der Waals surface area (Å²) in [6.07, 6.45) is 2.70. The third kappa shape index (κ3) is 4.45. The Morgan fingerprint density at radius 1 is 1.52 bits per heavy atom. The van der Waals surface area contributed by atoms with Gasteiger partial charge in [-0.25, -0.2) is 0 Å². The number of hydrogen-bond donors (Lipinski definition) is 2. The highest BCUT2D eigenvalue weighted by Crippen LogP contribution is 2.33. The second kappa shape index (κ2) is 7.44. The molecule has 0 bridgehead atoms. The average molecular weight is 326 g/mol. The van der Waals surface area contributed by atoms with Crippen LogP contribution in [0.2, 0.25) is 5.02 Å². The minimum Gasteiger partial charge on any atom is -0.330 e. The number of carbonyl (C=O) groups excluding carboxylic acids is 1. The largest absolute Gasteiger partial charge is 0.330 e. The summed E-state index contributed by atoms with van der Waals surface area (Å²) in [7, 11) is 1.86. The van der Waals surface area contributed by atoms with Gasteiger partial charge >= 0.3 is 0 Å². The molecule has 1 aromatic heterocycles. The van der Waals surface area contributed by atoms with E-state index in [4.69, 9.17) is 17.3 Å². The maximum absolute atomic E-state index is 11.6. The van der Waals surface area contributed by atoms with Crippen LogP contribution in [0.15, 0.2) is 34.6 Å². The molecule has 0 aliphatic carbocycles. The van der Waals surface area contributed by atoms with Crippen molar-refractivity contribution in [3.63, 3.8) is 0 Å². The number of nitrogens with two attached hydrogens (primary N) is 1. The van der Waals surface area contributed by atoms with Crippen LogP contribution in [0.3, 0.4) is 0 Å². The van der Waals surface area contributed by atoms with E-state index in [0.29, 0.717) is 30.1 Å². The van der Waals surface area contributed by atoms with Gasteiger partial charge in [0.05, 0.1) is 5.02 Å². The number of halogens is 1. The number of nitrogens with zero attached hydrogens (tertiary/aromatic N) is 3. The fraction of sp³-hybridized carbons (Fsp3) is 0.308. The summed E-state index contributed by atoms with van der Waals surface area (Å²) < 4.78 is 1.81. The Kier molecular flexibility index (Phi) is 5.60. The van der Waals surface area contributed by atoms with E-state index in [-0.39, 0.29) is 5.91 Å². The lowest BCUT2D eigenvalue weighted by Gasteiger charge is -2.08. The molecule has 0 saturated carbocycles. The Morgan fingerprint density at radius 2 is 2.33 bits per heavy atom. The standard InChI is InChI=1S/C13H16ClN5OS/c1-19-8-16-18-13(19)21-11-5-4-9(7-10(11)14)17-12(20)3-2-6-15/h4-5,7-8H,2-3,6,15H2,1H3,(H,17,20). The first kappa shape index (κ1) is 15.8. The van der Waals surface area contributed by atoms with Gasteiger partial charge in [0.2, 0.25) is 5.91 Å². The number of hydrogen-bond acceptors (Lipinski definition) is 5. The fourth-order valence-electron chi connectivity index (χ4n) is 1.61. The van der Waals surface area contributed by atoms with Gasteiger partial charge in [-0.05, 0) is 42.9 Å². The number of rotatable bonds is 6. The molecule has 0 radical (unpaired) electrons. The second-order valence-corrected chi connectivity index (χ2v) is 5.83. The summed E-state index contributed by atoms with van der Waals surface area (Å²) in [6, 6.07) is 5.38. The highest BCUT2D eigenvalue weighted by molar-refractivity contribution is 7.99.